The number of phenols is 1. The largest absolute Gasteiger partial charge is 0.508 e. The third-order valence-corrected chi connectivity index (χ3v) is 7.22. The summed E-state index contributed by atoms with van der Waals surface area (Å²) in [5, 5.41) is 17.9. The molecule has 2 heterocycles. The molecule has 0 radical (unpaired) electrons. The number of piperidine rings is 1. The zero-order valence-corrected chi connectivity index (χ0v) is 14.2. The maximum Gasteiger partial charge on any atom is 0.407 e. The van der Waals surface area contributed by atoms with Gasteiger partial charge in [-0.25, -0.2) is 13.2 Å². The smallest absolute Gasteiger partial charge is 0.407 e. The van der Waals surface area contributed by atoms with E-state index in [0.717, 1.165) is 19.4 Å². The SMILES string of the molecule is O=C(O)N1CCC(N2CCC(S(=O)(=O)c3ccc(O)cc3)C2)CC1. The number of benzene rings is 1. The summed E-state index contributed by atoms with van der Waals surface area (Å²) in [7, 11) is -3.41. The summed E-state index contributed by atoms with van der Waals surface area (Å²) in [6, 6.07) is 5.92. The minimum Gasteiger partial charge on any atom is -0.508 e. The number of aromatic hydroxyl groups is 1. The molecule has 24 heavy (non-hydrogen) atoms. The summed E-state index contributed by atoms with van der Waals surface area (Å²) < 4.78 is 25.4. The fourth-order valence-corrected chi connectivity index (χ4v) is 5.29. The second-order valence-corrected chi connectivity index (χ2v) is 8.67. The normalized spacial score (nSPS) is 23.5. The van der Waals surface area contributed by atoms with E-state index in [-0.39, 0.29) is 16.7 Å². The van der Waals surface area contributed by atoms with Gasteiger partial charge in [0.2, 0.25) is 0 Å². The Labute approximate surface area is 141 Å². The Morgan fingerprint density at radius 3 is 2.25 bits per heavy atom. The van der Waals surface area contributed by atoms with Crippen LogP contribution in [0.1, 0.15) is 19.3 Å². The van der Waals surface area contributed by atoms with E-state index < -0.39 is 21.2 Å². The molecule has 0 aliphatic carbocycles. The molecule has 2 saturated heterocycles. The van der Waals surface area contributed by atoms with Gasteiger partial charge < -0.3 is 15.1 Å². The van der Waals surface area contributed by atoms with Gasteiger partial charge in [0.25, 0.3) is 0 Å². The Hall–Kier alpha value is -1.80. The number of hydrogen-bond acceptors (Lipinski definition) is 5. The lowest BCUT2D eigenvalue weighted by Gasteiger charge is -2.35. The van der Waals surface area contributed by atoms with E-state index in [1.54, 1.807) is 0 Å². The van der Waals surface area contributed by atoms with Gasteiger partial charge in [-0.15, -0.1) is 0 Å². The summed E-state index contributed by atoms with van der Waals surface area (Å²) in [5.41, 5.74) is 0. The maximum absolute atomic E-state index is 12.7. The van der Waals surface area contributed by atoms with Gasteiger partial charge in [-0.1, -0.05) is 0 Å². The molecule has 0 aromatic heterocycles. The Balaban J connectivity index is 1.63. The van der Waals surface area contributed by atoms with Crippen molar-refractivity contribution in [2.45, 2.75) is 35.4 Å². The second-order valence-electron chi connectivity index (χ2n) is 6.45. The minimum atomic E-state index is -3.41. The van der Waals surface area contributed by atoms with Crippen molar-refractivity contribution in [1.82, 2.24) is 9.80 Å². The quantitative estimate of drug-likeness (QED) is 0.851. The van der Waals surface area contributed by atoms with Crippen molar-refractivity contribution >= 4 is 15.9 Å². The highest BCUT2D eigenvalue weighted by molar-refractivity contribution is 7.92. The van der Waals surface area contributed by atoms with Gasteiger partial charge in [-0.05, 0) is 50.1 Å². The zero-order chi connectivity index (χ0) is 17.3. The first kappa shape index (κ1) is 17.0. The molecule has 8 heteroatoms. The summed E-state index contributed by atoms with van der Waals surface area (Å²) in [4.78, 5) is 14.8. The number of nitrogens with zero attached hydrogens (tertiary/aromatic N) is 2. The predicted molar refractivity (Wildman–Crippen MR) is 87.9 cm³/mol. The average Bonchev–Trinajstić information content (AvgIpc) is 3.06. The Kier molecular flexibility index (Phi) is 4.69. The van der Waals surface area contributed by atoms with Crippen LogP contribution in [0.4, 0.5) is 4.79 Å². The third kappa shape index (κ3) is 3.34. The van der Waals surface area contributed by atoms with Crippen molar-refractivity contribution < 1.29 is 23.4 Å². The van der Waals surface area contributed by atoms with E-state index in [0.29, 0.717) is 26.1 Å². The number of phenolic OH excluding ortho intramolecular Hbond substituents is 1. The fourth-order valence-electron chi connectivity index (χ4n) is 3.59. The molecule has 1 atom stereocenters. The van der Waals surface area contributed by atoms with Crippen LogP contribution in [0.2, 0.25) is 0 Å². The lowest BCUT2D eigenvalue weighted by molar-refractivity contribution is 0.105. The van der Waals surface area contributed by atoms with Crippen molar-refractivity contribution in [2.24, 2.45) is 0 Å². The molecule has 2 N–H and O–H groups in total. The molecule has 2 aliphatic rings. The molecule has 0 bridgehead atoms. The number of amides is 1. The zero-order valence-electron chi connectivity index (χ0n) is 13.3. The molecule has 1 aromatic carbocycles. The Morgan fingerprint density at radius 1 is 1.04 bits per heavy atom. The number of sulfone groups is 1. The van der Waals surface area contributed by atoms with E-state index in [1.165, 1.54) is 29.2 Å². The molecule has 7 nitrogen and oxygen atoms in total. The molecule has 1 amide bonds. The number of hydrogen-bond donors (Lipinski definition) is 2. The van der Waals surface area contributed by atoms with Crippen molar-refractivity contribution in [2.75, 3.05) is 26.2 Å². The van der Waals surface area contributed by atoms with Crippen molar-refractivity contribution in [1.29, 1.82) is 0 Å². The van der Waals surface area contributed by atoms with Crippen LogP contribution in [0, 0.1) is 0 Å². The maximum atomic E-state index is 12.7. The molecule has 132 valence electrons. The molecule has 1 aromatic rings. The van der Waals surface area contributed by atoms with Crippen LogP contribution in [0.5, 0.6) is 5.75 Å². The highest BCUT2D eigenvalue weighted by Crippen LogP contribution is 2.28. The lowest BCUT2D eigenvalue weighted by atomic mass is 10.0. The number of rotatable bonds is 3. The highest BCUT2D eigenvalue weighted by atomic mass is 32.2. The van der Waals surface area contributed by atoms with E-state index in [9.17, 15) is 18.3 Å². The fraction of sp³-hybridized carbons (Fsp3) is 0.562. The van der Waals surface area contributed by atoms with Crippen LogP contribution in [-0.4, -0.2) is 72.0 Å². The molecular weight excluding hydrogens is 332 g/mol. The molecule has 0 saturated carbocycles. The molecule has 3 rings (SSSR count). The second kappa shape index (κ2) is 6.60. The van der Waals surface area contributed by atoms with Gasteiger partial charge in [-0.2, -0.15) is 0 Å². The topological polar surface area (TPSA) is 98.2 Å². The first-order valence-corrected chi connectivity index (χ1v) is 9.67. The Bertz CT molecular complexity index is 696. The van der Waals surface area contributed by atoms with Crippen LogP contribution >= 0.6 is 0 Å². The van der Waals surface area contributed by atoms with Crippen molar-refractivity contribution in [3.8, 4) is 5.75 Å². The summed E-state index contributed by atoms with van der Waals surface area (Å²) in [6.07, 6.45) is 1.20. The molecule has 1 unspecified atom stereocenters. The first-order valence-electron chi connectivity index (χ1n) is 8.13. The van der Waals surface area contributed by atoms with E-state index in [4.69, 9.17) is 5.11 Å². The van der Waals surface area contributed by atoms with Crippen LogP contribution in [0.25, 0.3) is 0 Å². The molecule has 0 spiro atoms. The van der Waals surface area contributed by atoms with Crippen LogP contribution in [-0.2, 0) is 9.84 Å². The molecule has 2 aliphatic heterocycles. The molecule has 2 fully saturated rings. The third-order valence-electron chi connectivity index (χ3n) is 5.03. The lowest BCUT2D eigenvalue weighted by Crippen LogP contribution is -2.46. The van der Waals surface area contributed by atoms with Gasteiger partial charge in [0.15, 0.2) is 9.84 Å². The van der Waals surface area contributed by atoms with E-state index >= 15 is 0 Å². The number of likely N-dealkylation sites (tertiary alicyclic amines) is 2. The predicted octanol–water partition coefficient (Wildman–Crippen LogP) is 1.38. The van der Waals surface area contributed by atoms with Gasteiger partial charge in [-0.3, -0.25) is 4.90 Å². The number of carbonyl (C=O) groups is 1. The van der Waals surface area contributed by atoms with Crippen LogP contribution in [0.15, 0.2) is 29.2 Å². The molecular formula is C16H22N2O5S. The van der Waals surface area contributed by atoms with Crippen molar-refractivity contribution in [3.05, 3.63) is 24.3 Å². The number of carboxylic acid groups (broad SMARTS) is 1. The standard InChI is InChI=1S/C16H22N2O5S/c19-13-1-3-14(4-2-13)24(22,23)15-7-10-18(11-15)12-5-8-17(9-6-12)16(20)21/h1-4,12,15,19H,5-11H2,(H,20,21). The van der Waals surface area contributed by atoms with Gasteiger partial charge in [0, 0.05) is 25.7 Å². The van der Waals surface area contributed by atoms with Gasteiger partial charge >= 0.3 is 6.09 Å². The van der Waals surface area contributed by atoms with E-state index in [1.807, 2.05) is 0 Å². The summed E-state index contributed by atoms with van der Waals surface area (Å²) in [6.45, 7) is 2.22. The Morgan fingerprint density at radius 2 is 1.67 bits per heavy atom. The summed E-state index contributed by atoms with van der Waals surface area (Å²) >= 11 is 0. The van der Waals surface area contributed by atoms with E-state index in [2.05, 4.69) is 4.90 Å². The summed E-state index contributed by atoms with van der Waals surface area (Å²) in [5.74, 6) is 0.0483. The minimum absolute atomic E-state index is 0.0483. The monoisotopic (exact) mass is 354 g/mol. The first-order chi connectivity index (χ1) is 11.4. The van der Waals surface area contributed by atoms with Crippen LogP contribution in [0.3, 0.4) is 0 Å². The van der Waals surface area contributed by atoms with Gasteiger partial charge in [0.05, 0.1) is 10.1 Å². The average molecular weight is 354 g/mol. The highest BCUT2D eigenvalue weighted by Gasteiger charge is 2.38. The van der Waals surface area contributed by atoms with Crippen molar-refractivity contribution in [3.63, 3.8) is 0 Å². The van der Waals surface area contributed by atoms with Crippen LogP contribution < -0.4 is 0 Å². The van der Waals surface area contributed by atoms with Gasteiger partial charge in [0.1, 0.15) is 5.75 Å².